The van der Waals surface area contributed by atoms with Crippen LogP contribution in [0.4, 0.5) is 13.6 Å². The van der Waals surface area contributed by atoms with Crippen molar-refractivity contribution in [2.24, 2.45) is 0 Å². The number of carboxylic acids is 1. The number of aromatic nitrogens is 2. The van der Waals surface area contributed by atoms with Gasteiger partial charge >= 0.3 is 12.1 Å². The quantitative estimate of drug-likeness (QED) is 0.389. The second-order valence-corrected chi connectivity index (χ2v) is 9.86. The summed E-state index contributed by atoms with van der Waals surface area (Å²) < 4.78 is 43.9. The van der Waals surface area contributed by atoms with Crippen LogP contribution in [0, 0.1) is 11.6 Å². The molecule has 3 aromatic rings. The summed E-state index contributed by atoms with van der Waals surface area (Å²) >= 11 is 5.87. The molecule has 38 heavy (non-hydrogen) atoms. The molecular weight excluding hydrogens is 524 g/mol. The Morgan fingerprint density at radius 1 is 1.18 bits per heavy atom. The Labute approximate surface area is 221 Å². The van der Waals surface area contributed by atoms with E-state index in [-0.39, 0.29) is 41.6 Å². The van der Waals surface area contributed by atoms with Crippen LogP contribution in [0.15, 0.2) is 46.6 Å². The van der Waals surface area contributed by atoms with Crippen LogP contribution in [-0.4, -0.2) is 50.9 Å². The molecule has 1 aliphatic heterocycles. The molecule has 0 atom stereocenters. The maximum atomic E-state index is 14.1. The van der Waals surface area contributed by atoms with Crippen molar-refractivity contribution in [2.45, 2.75) is 39.4 Å². The first-order valence-electron chi connectivity index (χ1n) is 11.5. The lowest BCUT2D eigenvalue weighted by atomic mass is 9.94. The van der Waals surface area contributed by atoms with Gasteiger partial charge in [0.15, 0.2) is 12.4 Å². The van der Waals surface area contributed by atoms with Crippen LogP contribution in [-0.2, 0) is 16.1 Å². The number of carbonyl (C=O) groups is 2. The van der Waals surface area contributed by atoms with Gasteiger partial charge in [-0.3, -0.25) is 0 Å². The molecule has 1 aromatic carbocycles. The number of nitrogens with zero attached hydrogens (tertiary/aromatic N) is 3. The number of pyridine rings is 1. The van der Waals surface area contributed by atoms with Gasteiger partial charge in [0.25, 0.3) is 0 Å². The second kappa shape index (κ2) is 10.8. The largest absolute Gasteiger partial charge is 0.478 e. The summed E-state index contributed by atoms with van der Waals surface area (Å²) in [4.78, 5) is 29.9. The lowest BCUT2D eigenvalue weighted by molar-refractivity contribution is -0.132. The van der Waals surface area contributed by atoms with Gasteiger partial charge in [-0.15, -0.1) is 0 Å². The predicted octanol–water partition coefficient (Wildman–Crippen LogP) is 5.73. The minimum Gasteiger partial charge on any atom is -0.478 e. The number of halogens is 3. The Balaban J connectivity index is 1.44. The molecule has 1 amide bonds. The Morgan fingerprint density at radius 3 is 2.58 bits per heavy atom. The van der Waals surface area contributed by atoms with Crippen LogP contribution in [0.2, 0.25) is 5.02 Å². The standard InChI is InChI=1S/C26H24ClF2N3O6/c1-26(2,3)37-25(35)32-9-8-16(17(12-32)24(33)34)14-4-7-21(30-11-14)36-13-15-10-20(31-38-15)22-18(28)5-6-19(29)23(22)27/h4-7,10-11H,8-9,12-13H2,1-3H3,(H,33,34). The first-order chi connectivity index (χ1) is 17.9. The molecule has 0 saturated heterocycles. The molecule has 0 spiro atoms. The van der Waals surface area contributed by atoms with Crippen molar-refractivity contribution in [2.75, 3.05) is 13.1 Å². The lowest BCUT2D eigenvalue weighted by Crippen LogP contribution is -2.41. The topological polar surface area (TPSA) is 115 Å². The smallest absolute Gasteiger partial charge is 0.410 e. The molecule has 0 fully saturated rings. The van der Waals surface area contributed by atoms with Gasteiger partial charge in [-0.2, -0.15) is 0 Å². The zero-order valence-corrected chi connectivity index (χ0v) is 21.5. The third-order valence-corrected chi connectivity index (χ3v) is 5.93. The fraction of sp³-hybridized carbons (Fsp3) is 0.308. The van der Waals surface area contributed by atoms with E-state index >= 15 is 0 Å². The van der Waals surface area contributed by atoms with E-state index < -0.39 is 34.3 Å². The van der Waals surface area contributed by atoms with Crippen molar-refractivity contribution in [3.8, 4) is 17.1 Å². The Bertz CT molecular complexity index is 1400. The summed E-state index contributed by atoms with van der Waals surface area (Å²) in [5, 5.41) is 13.1. The van der Waals surface area contributed by atoms with Gasteiger partial charge in [0, 0.05) is 24.9 Å². The van der Waals surface area contributed by atoms with Crippen molar-refractivity contribution >= 4 is 29.2 Å². The molecule has 2 aromatic heterocycles. The van der Waals surface area contributed by atoms with Gasteiger partial charge in [0.1, 0.15) is 22.9 Å². The van der Waals surface area contributed by atoms with E-state index in [1.165, 1.54) is 17.2 Å². The van der Waals surface area contributed by atoms with Crippen LogP contribution in [0.3, 0.4) is 0 Å². The average molecular weight is 548 g/mol. The van der Waals surface area contributed by atoms with E-state index in [0.29, 0.717) is 24.1 Å². The first-order valence-corrected chi connectivity index (χ1v) is 11.9. The van der Waals surface area contributed by atoms with Gasteiger partial charge in [-0.05, 0) is 56.5 Å². The third-order valence-electron chi connectivity index (χ3n) is 5.56. The number of aliphatic carboxylic acids is 1. The summed E-state index contributed by atoms with van der Waals surface area (Å²) in [5.74, 6) is -2.24. The monoisotopic (exact) mass is 547 g/mol. The lowest BCUT2D eigenvalue weighted by Gasteiger charge is -2.31. The zero-order chi connectivity index (χ0) is 27.6. The average Bonchev–Trinajstić information content (AvgIpc) is 3.32. The summed E-state index contributed by atoms with van der Waals surface area (Å²) in [6.07, 6.45) is 1.21. The van der Waals surface area contributed by atoms with Gasteiger partial charge in [-0.25, -0.2) is 23.4 Å². The maximum Gasteiger partial charge on any atom is 0.410 e. The molecule has 0 bridgehead atoms. The number of rotatable bonds is 6. The Morgan fingerprint density at radius 2 is 1.92 bits per heavy atom. The highest BCUT2D eigenvalue weighted by atomic mass is 35.5. The van der Waals surface area contributed by atoms with Gasteiger partial charge < -0.3 is 24.0 Å². The minimum absolute atomic E-state index is 0.0137. The third kappa shape index (κ3) is 6.10. The predicted molar refractivity (Wildman–Crippen MR) is 132 cm³/mol. The molecule has 0 aliphatic carbocycles. The zero-order valence-electron chi connectivity index (χ0n) is 20.8. The normalized spacial score (nSPS) is 14.0. The van der Waals surface area contributed by atoms with Crippen LogP contribution in [0.25, 0.3) is 16.8 Å². The van der Waals surface area contributed by atoms with Crippen molar-refractivity contribution in [3.63, 3.8) is 0 Å². The van der Waals surface area contributed by atoms with Crippen LogP contribution < -0.4 is 4.74 Å². The molecule has 0 unspecified atom stereocenters. The molecule has 4 rings (SSSR count). The Hall–Kier alpha value is -3.99. The molecule has 9 nitrogen and oxygen atoms in total. The highest BCUT2D eigenvalue weighted by Gasteiger charge is 2.30. The fourth-order valence-corrected chi connectivity index (χ4v) is 4.06. The second-order valence-electron chi connectivity index (χ2n) is 9.48. The van der Waals surface area contributed by atoms with Crippen molar-refractivity contribution in [3.05, 3.63) is 70.1 Å². The number of benzene rings is 1. The molecular formula is C26H24ClF2N3O6. The molecule has 0 saturated carbocycles. The van der Waals surface area contributed by atoms with E-state index in [2.05, 4.69) is 10.1 Å². The minimum atomic E-state index is -1.13. The van der Waals surface area contributed by atoms with Crippen LogP contribution in [0.5, 0.6) is 5.88 Å². The van der Waals surface area contributed by atoms with E-state index in [1.807, 2.05) is 0 Å². The molecule has 0 radical (unpaired) electrons. The van der Waals surface area contributed by atoms with E-state index in [1.54, 1.807) is 32.9 Å². The summed E-state index contributed by atoms with van der Waals surface area (Å²) in [5.41, 5.74) is 0.321. The highest BCUT2D eigenvalue weighted by Crippen LogP contribution is 2.33. The molecule has 1 aliphatic rings. The summed E-state index contributed by atoms with van der Waals surface area (Å²) in [6.45, 7) is 5.31. The molecule has 1 N–H and O–H groups in total. The van der Waals surface area contributed by atoms with E-state index in [0.717, 1.165) is 12.1 Å². The highest BCUT2D eigenvalue weighted by molar-refractivity contribution is 6.33. The number of amides is 1. The molecule has 200 valence electrons. The van der Waals surface area contributed by atoms with Crippen molar-refractivity contribution < 1.29 is 37.5 Å². The van der Waals surface area contributed by atoms with E-state index in [9.17, 15) is 23.5 Å². The van der Waals surface area contributed by atoms with Crippen LogP contribution in [0.1, 0.15) is 38.5 Å². The van der Waals surface area contributed by atoms with E-state index in [4.69, 9.17) is 25.6 Å². The van der Waals surface area contributed by atoms with Gasteiger partial charge in [0.05, 0.1) is 22.7 Å². The number of ether oxygens (including phenoxy) is 2. The SMILES string of the molecule is CC(C)(C)OC(=O)N1CCC(c2ccc(OCc3cc(-c4c(F)ccc(F)c4Cl)no3)nc2)=C(C(=O)O)C1. The van der Waals surface area contributed by atoms with Crippen LogP contribution >= 0.6 is 11.6 Å². The molecule has 3 heterocycles. The van der Waals surface area contributed by atoms with Gasteiger partial charge in [-0.1, -0.05) is 16.8 Å². The number of carbonyl (C=O) groups excluding carboxylic acids is 1. The first kappa shape index (κ1) is 27.1. The summed E-state index contributed by atoms with van der Waals surface area (Å²) in [6, 6.07) is 6.46. The maximum absolute atomic E-state index is 14.1. The number of hydrogen-bond donors (Lipinski definition) is 1. The Kier molecular flexibility index (Phi) is 7.68. The number of carboxylic acid groups (broad SMARTS) is 1. The molecule has 12 heteroatoms. The fourth-order valence-electron chi connectivity index (χ4n) is 3.81. The van der Waals surface area contributed by atoms with Gasteiger partial charge in [0.2, 0.25) is 5.88 Å². The number of hydrogen-bond acceptors (Lipinski definition) is 7. The van der Waals surface area contributed by atoms with Crippen molar-refractivity contribution in [1.29, 1.82) is 0 Å². The summed E-state index contributed by atoms with van der Waals surface area (Å²) in [7, 11) is 0. The van der Waals surface area contributed by atoms with Crippen molar-refractivity contribution in [1.82, 2.24) is 15.0 Å².